The predicted octanol–water partition coefficient (Wildman–Crippen LogP) is 3.40. The summed E-state index contributed by atoms with van der Waals surface area (Å²) in [4.78, 5) is 13.1. The van der Waals surface area contributed by atoms with Gasteiger partial charge in [-0.3, -0.25) is 4.79 Å². The Bertz CT molecular complexity index is 1020. The number of hydrogen-bond acceptors (Lipinski definition) is 4. The van der Waals surface area contributed by atoms with Gasteiger partial charge in [-0.05, 0) is 61.2 Å². The van der Waals surface area contributed by atoms with E-state index in [-0.39, 0.29) is 16.8 Å². The highest BCUT2D eigenvalue weighted by Crippen LogP contribution is 2.33. The van der Waals surface area contributed by atoms with E-state index in [2.05, 4.69) is 10.6 Å². The van der Waals surface area contributed by atoms with Crippen LogP contribution in [-0.4, -0.2) is 33.2 Å². The molecule has 1 atom stereocenters. The van der Waals surface area contributed by atoms with E-state index in [0.29, 0.717) is 28.6 Å². The van der Waals surface area contributed by atoms with Crippen LogP contribution >= 0.6 is 23.2 Å². The van der Waals surface area contributed by atoms with Crippen molar-refractivity contribution >= 4 is 38.9 Å². The summed E-state index contributed by atoms with van der Waals surface area (Å²) in [6.45, 7) is 3.35. The molecular weight excluding hydrogens is 419 g/mol. The van der Waals surface area contributed by atoms with Gasteiger partial charge in [-0.15, -0.1) is 0 Å². The van der Waals surface area contributed by atoms with Crippen molar-refractivity contribution in [3.8, 4) is 0 Å². The zero-order chi connectivity index (χ0) is 20.5. The first kappa shape index (κ1) is 21.1. The molecule has 0 radical (unpaired) electrons. The van der Waals surface area contributed by atoms with Crippen LogP contribution in [0, 0.1) is 0 Å². The topological polar surface area (TPSA) is 75.3 Å². The predicted molar refractivity (Wildman–Crippen MR) is 112 cm³/mol. The summed E-state index contributed by atoms with van der Waals surface area (Å²) in [6.07, 6.45) is 2.41. The molecule has 0 fully saturated rings. The smallest absolute Gasteiger partial charge is 0.254 e. The summed E-state index contributed by atoms with van der Waals surface area (Å²) in [5.41, 5.74) is 3.09. The molecule has 1 heterocycles. The first-order valence-corrected chi connectivity index (χ1v) is 11.6. The number of carbonyl (C=O) groups excluding carboxylic acids is 1. The minimum absolute atomic E-state index is 0.229. The molecule has 0 aromatic heterocycles. The van der Waals surface area contributed by atoms with Gasteiger partial charge >= 0.3 is 0 Å². The maximum atomic E-state index is 12.8. The lowest BCUT2D eigenvalue weighted by Gasteiger charge is -2.22. The summed E-state index contributed by atoms with van der Waals surface area (Å²) in [5.74, 6) is -0.330. The summed E-state index contributed by atoms with van der Waals surface area (Å²) < 4.78 is 23.4. The minimum atomic E-state index is -3.27. The van der Waals surface area contributed by atoms with Gasteiger partial charge in [0.25, 0.3) is 5.91 Å². The lowest BCUT2D eigenvalue weighted by molar-refractivity contribution is 0.0940. The highest BCUT2D eigenvalue weighted by Gasteiger charge is 2.23. The van der Waals surface area contributed by atoms with E-state index in [0.717, 1.165) is 29.7 Å². The number of halogens is 2. The average Bonchev–Trinajstić information content (AvgIpc) is 2.61. The number of amides is 1. The molecule has 0 saturated carbocycles. The lowest BCUT2D eigenvalue weighted by Crippen LogP contribution is -2.35. The van der Waals surface area contributed by atoms with Crippen LogP contribution in [0.5, 0.6) is 0 Å². The molecule has 8 heteroatoms. The molecule has 1 aliphatic heterocycles. The molecule has 3 rings (SSSR count). The third kappa shape index (κ3) is 4.69. The first-order chi connectivity index (χ1) is 13.2. The van der Waals surface area contributed by atoms with E-state index >= 15 is 0 Å². The quantitative estimate of drug-likeness (QED) is 0.746. The third-order valence-electron chi connectivity index (χ3n) is 4.75. The van der Waals surface area contributed by atoms with Gasteiger partial charge in [0.2, 0.25) is 0 Å². The van der Waals surface area contributed by atoms with Crippen molar-refractivity contribution in [3.63, 3.8) is 0 Å². The van der Waals surface area contributed by atoms with E-state index < -0.39 is 9.84 Å². The van der Waals surface area contributed by atoms with E-state index in [1.54, 1.807) is 24.3 Å². The van der Waals surface area contributed by atoms with Gasteiger partial charge in [0, 0.05) is 18.8 Å². The summed E-state index contributed by atoms with van der Waals surface area (Å²) in [7, 11) is -3.27. The molecule has 0 bridgehead atoms. The Morgan fingerprint density at radius 1 is 1.29 bits per heavy atom. The largest absolute Gasteiger partial charge is 0.349 e. The Labute approximate surface area is 175 Å². The van der Waals surface area contributed by atoms with Gasteiger partial charge in [-0.1, -0.05) is 35.3 Å². The van der Waals surface area contributed by atoms with Crippen LogP contribution in [0.2, 0.25) is 10.0 Å². The zero-order valence-electron chi connectivity index (χ0n) is 15.7. The molecule has 1 aliphatic rings. The number of carbonyl (C=O) groups is 1. The van der Waals surface area contributed by atoms with Gasteiger partial charge in [0.05, 0.1) is 20.5 Å². The van der Waals surface area contributed by atoms with Gasteiger partial charge < -0.3 is 10.6 Å². The molecule has 2 N–H and O–H groups in total. The molecule has 5 nitrogen and oxygen atoms in total. The highest BCUT2D eigenvalue weighted by atomic mass is 35.5. The molecule has 150 valence electrons. The van der Waals surface area contributed by atoms with Crippen LogP contribution in [0.4, 0.5) is 0 Å². The fourth-order valence-electron chi connectivity index (χ4n) is 3.39. The molecule has 0 spiro atoms. The molecule has 2 aromatic rings. The standard InChI is InChI=1S/C20H22Cl2N2O3S/c1-12(8-13-4-3-5-15(9-13)28(2,26)27)24-20(25)18-17(21)10-14-11-23-7-6-16(14)19(18)22/h3-5,9-10,12,23H,6-8,11H2,1-2H3,(H,24,25). The van der Waals surface area contributed by atoms with Gasteiger partial charge in [-0.2, -0.15) is 0 Å². The van der Waals surface area contributed by atoms with Gasteiger partial charge in [-0.25, -0.2) is 8.42 Å². The zero-order valence-corrected chi connectivity index (χ0v) is 18.0. The van der Waals surface area contributed by atoms with Crippen LogP contribution in [0.25, 0.3) is 0 Å². The Balaban J connectivity index is 1.77. The number of nitrogens with one attached hydrogen (secondary N) is 2. The van der Waals surface area contributed by atoms with E-state index in [4.69, 9.17) is 23.2 Å². The second-order valence-corrected chi connectivity index (χ2v) is 9.91. The molecule has 1 amide bonds. The maximum absolute atomic E-state index is 12.8. The first-order valence-electron chi connectivity index (χ1n) is 8.97. The molecule has 0 aliphatic carbocycles. The van der Waals surface area contributed by atoms with E-state index in [9.17, 15) is 13.2 Å². The number of hydrogen-bond donors (Lipinski definition) is 2. The molecule has 2 aromatic carbocycles. The van der Waals surface area contributed by atoms with Gasteiger partial charge in [0.1, 0.15) is 0 Å². The Hall–Kier alpha value is -1.60. The monoisotopic (exact) mass is 440 g/mol. The van der Waals surface area contributed by atoms with Crippen molar-refractivity contribution in [2.24, 2.45) is 0 Å². The van der Waals surface area contributed by atoms with Crippen molar-refractivity contribution in [2.75, 3.05) is 12.8 Å². The van der Waals surface area contributed by atoms with E-state index in [1.165, 1.54) is 6.26 Å². The maximum Gasteiger partial charge on any atom is 0.254 e. The fraction of sp³-hybridized carbons (Fsp3) is 0.350. The molecular formula is C20H22Cl2N2O3S. The van der Waals surface area contributed by atoms with Crippen LogP contribution in [0.15, 0.2) is 35.2 Å². The SMILES string of the molecule is CC(Cc1cccc(S(C)(=O)=O)c1)NC(=O)c1c(Cl)cc2c(c1Cl)CCNC2. The Morgan fingerprint density at radius 2 is 2.04 bits per heavy atom. The molecule has 0 saturated heterocycles. The normalized spacial score (nSPS) is 15.0. The molecule has 28 heavy (non-hydrogen) atoms. The number of sulfone groups is 1. The highest BCUT2D eigenvalue weighted by molar-refractivity contribution is 7.90. The minimum Gasteiger partial charge on any atom is -0.349 e. The third-order valence-corrected chi connectivity index (χ3v) is 6.58. The molecule has 1 unspecified atom stereocenters. The fourth-order valence-corrected chi connectivity index (χ4v) is 4.84. The van der Waals surface area contributed by atoms with Crippen LogP contribution in [-0.2, 0) is 29.2 Å². The van der Waals surface area contributed by atoms with Crippen LogP contribution < -0.4 is 10.6 Å². The van der Waals surface area contributed by atoms with Crippen LogP contribution in [0.1, 0.15) is 34.0 Å². The number of rotatable bonds is 5. The summed E-state index contributed by atoms with van der Waals surface area (Å²) in [6, 6.07) is 8.29. The number of fused-ring (bicyclic) bond motifs is 1. The van der Waals surface area contributed by atoms with Crippen molar-refractivity contribution in [1.29, 1.82) is 0 Å². The summed E-state index contributed by atoms with van der Waals surface area (Å²) in [5, 5.41) is 6.92. The Kier molecular flexibility index (Phi) is 6.34. The van der Waals surface area contributed by atoms with Crippen molar-refractivity contribution in [1.82, 2.24) is 10.6 Å². The average molecular weight is 441 g/mol. The second kappa shape index (κ2) is 8.41. The van der Waals surface area contributed by atoms with Crippen LogP contribution in [0.3, 0.4) is 0 Å². The van der Waals surface area contributed by atoms with Gasteiger partial charge in [0.15, 0.2) is 9.84 Å². The second-order valence-electron chi connectivity index (χ2n) is 7.11. The lowest BCUT2D eigenvalue weighted by atomic mass is 9.97. The Morgan fingerprint density at radius 3 is 2.75 bits per heavy atom. The van der Waals surface area contributed by atoms with Crippen molar-refractivity contribution in [3.05, 3.63) is 62.6 Å². The van der Waals surface area contributed by atoms with Crippen molar-refractivity contribution < 1.29 is 13.2 Å². The van der Waals surface area contributed by atoms with E-state index in [1.807, 2.05) is 13.0 Å². The summed E-state index contributed by atoms with van der Waals surface area (Å²) >= 11 is 12.8. The van der Waals surface area contributed by atoms with Crippen molar-refractivity contribution in [2.45, 2.75) is 37.2 Å². The number of benzene rings is 2.